The van der Waals surface area contributed by atoms with Gasteiger partial charge in [-0.15, -0.1) is 0 Å². The number of aliphatic hydroxyl groups is 2. The summed E-state index contributed by atoms with van der Waals surface area (Å²) in [7, 11) is 1.56. The highest BCUT2D eigenvalue weighted by Crippen LogP contribution is 2.24. The number of benzene rings is 1. The van der Waals surface area contributed by atoms with Crippen molar-refractivity contribution in [3.05, 3.63) is 23.8 Å². The molecule has 0 aliphatic carbocycles. The molecule has 2 N–H and O–H groups in total. The summed E-state index contributed by atoms with van der Waals surface area (Å²) in [5.41, 5.74) is 0.648. The Labute approximate surface area is 89.1 Å². The molecule has 0 aliphatic heterocycles. The summed E-state index contributed by atoms with van der Waals surface area (Å²) in [6.45, 7) is 1.73. The topological polar surface area (TPSA) is 58.9 Å². The van der Waals surface area contributed by atoms with E-state index in [1.54, 1.807) is 32.2 Å². The lowest BCUT2D eigenvalue weighted by molar-refractivity contribution is 0.121. The molecule has 0 saturated heterocycles. The second-order valence-corrected chi connectivity index (χ2v) is 3.29. The van der Waals surface area contributed by atoms with Crippen LogP contribution < -0.4 is 9.47 Å². The molecule has 0 fully saturated rings. The molecular weight excluding hydrogens is 196 g/mol. The zero-order chi connectivity index (χ0) is 11.3. The summed E-state index contributed by atoms with van der Waals surface area (Å²) in [6.07, 6.45) is -0.529. The van der Waals surface area contributed by atoms with E-state index in [4.69, 9.17) is 19.7 Å². The van der Waals surface area contributed by atoms with E-state index < -0.39 is 6.10 Å². The number of rotatable bonds is 5. The van der Waals surface area contributed by atoms with E-state index in [0.717, 1.165) is 0 Å². The van der Waals surface area contributed by atoms with Crippen molar-refractivity contribution in [2.75, 3.05) is 13.7 Å². The Morgan fingerprint density at radius 2 is 2.13 bits per heavy atom. The van der Waals surface area contributed by atoms with Gasteiger partial charge in [-0.25, -0.2) is 0 Å². The maximum atomic E-state index is 9.11. The van der Waals surface area contributed by atoms with Gasteiger partial charge in [-0.1, -0.05) is 0 Å². The number of methoxy groups -OCH3 is 1. The molecule has 1 aromatic rings. The third-order valence-electron chi connectivity index (χ3n) is 1.92. The molecule has 4 nitrogen and oxygen atoms in total. The van der Waals surface area contributed by atoms with E-state index in [-0.39, 0.29) is 13.2 Å². The van der Waals surface area contributed by atoms with E-state index in [0.29, 0.717) is 17.1 Å². The highest BCUT2D eigenvalue weighted by Gasteiger charge is 2.06. The smallest absolute Gasteiger partial charge is 0.125 e. The van der Waals surface area contributed by atoms with Gasteiger partial charge in [0.15, 0.2) is 0 Å². The predicted octanol–water partition coefficient (Wildman–Crippen LogP) is 0.947. The third kappa shape index (κ3) is 3.42. The highest BCUT2D eigenvalue weighted by atomic mass is 16.5. The van der Waals surface area contributed by atoms with Crippen LogP contribution in [0.5, 0.6) is 11.5 Å². The van der Waals surface area contributed by atoms with Gasteiger partial charge < -0.3 is 19.7 Å². The summed E-state index contributed by atoms with van der Waals surface area (Å²) >= 11 is 0. The van der Waals surface area contributed by atoms with Crippen molar-refractivity contribution in [2.45, 2.75) is 19.6 Å². The largest absolute Gasteiger partial charge is 0.497 e. The van der Waals surface area contributed by atoms with Crippen molar-refractivity contribution in [1.82, 2.24) is 0 Å². The summed E-state index contributed by atoms with van der Waals surface area (Å²) in [6, 6.07) is 5.17. The van der Waals surface area contributed by atoms with E-state index >= 15 is 0 Å². The molecule has 0 spiro atoms. The molecule has 0 aliphatic rings. The molecule has 0 bridgehead atoms. The van der Waals surface area contributed by atoms with Gasteiger partial charge in [-0.2, -0.15) is 0 Å². The lowest BCUT2D eigenvalue weighted by Crippen LogP contribution is -2.13. The monoisotopic (exact) mass is 212 g/mol. The molecule has 1 unspecified atom stereocenters. The Bertz CT molecular complexity index is 309. The maximum absolute atomic E-state index is 9.11. The molecular formula is C11H16O4. The fourth-order valence-electron chi connectivity index (χ4n) is 1.16. The molecule has 15 heavy (non-hydrogen) atoms. The first-order valence-corrected chi connectivity index (χ1v) is 4.76. The number of aliphatic hydroxyl groups excluding tert-OH is 2. The van der Waals surface area contributed by atoms with Crippen LogP contribution in [-0.2, 0) is 6.61 Å². The predicted molar refractivity (Wildman–Crippen MR) is 56.1 cm³/mol. The standard InChI is InChI=1S/C11H16O4/c1-8(13)7-15-11-4-3-10(14-2)5-9(11)6-12/h3-5,8,12-13H,6-7H2,1-2H3. The quantitative estimate of drug-likeness (QED) is 0.762. The van der Waals surface area contributed by atoms with Crippen LogP contribution in [0.3, 0.4) is 0 Å². The molecule has 1 aromatic carbocycles. The van der Waals surface area contributed by atoms with Gasteiger partial charge in [0, 0.05) is 5.56 Å². The van der Waals surface area contributed by atoms with E-state index in [1.165, 1.54) is 0 Å². The van der Waals surface area contributed by atoms with Crippen LogP contribution in [0, 0.1) is 0 Å². The highest BCUT2D eigenvalue weighted by molar-refractivity contribution is 5.39. The average Bonchev–Trinajstić information content (AvgIpc) is 2.25. The molecule has 0 radical (unpaired) electrons. The minimum Gasteiger partial charge on any atom is -0.497 e. The summed E-state index contributed by atoms with van der Waals surface area (Å²) in [5.74, 6) is 1.24. The van der Waals surface area contributed by atoms with Crippen molar-refractivity contribution in [3.8, 4) is 11.5 Å². The fourth-order valence-corrected chi connectivity index (χ4v) is 1.16. The molecule has 84 valence electrons. The molecule has 0 heterocycles. The van der Waals surface area contributed by atoms with Crippen LogP contribution in [-0.4, -0.2) is 30.0 Å². The second kappa shape index (κ2) is 5.58. The van der Waals surface area contributed by atoms with Crippen molar-refractivity contribution in [3.63, 3.8) is 0 Å². The van der Waals surface area contributed by atoms with Crippen molar-refractivity contribution >= 4 is 0 Å². The normalized spacial score (nSPS) is 12.3. The lowest BCUT2D eigenvalue weighted by Gasteiger charge is -2.12. The molecule has 0 saturated carbocycles. The van der Waals surface area contributed by atoms with Crippen LogP contribution in [0.25, 0.3) is 0 Å². The van der Waals surface area contributed by atoms with Gasteiger partial charge in [0.2, 0.25) is 0 Å². The van der Waals surface area contributed by atoms with Gasteiger partial charge in [-0.3, -0.25) is 0 Å². The van der Waals surface area contributed by atoms with Crippen LogP contribution in [0.15, 0.2) is 18.2 Å². The summed E-state index contributed by atoms with van der Waals surface area (Å²) in [5, 5.41) is 18.2. The number of hydrogen-bond acceptors (Lipinski definition) is 4. The van der Waals surface area contributed by atoms with Crippen molar-refractivity contribution in [1.29, 1.82) is 0 Å². The summed E-state index contributed by atoms with van der Waals surface area (Å²) in [4.78, 5) is 0. The fraction of sp³-hybridized carbons (Fsp3) is 0.455. The second-order valence-electron chi connectivity index (χ2n) is 3.29. The summed E-state index contributed by atoms with van der Waals surface area (Å²) < 4.78 is 10.3. The Hall–Kier alpha value is -1.26. The minimum absolute atomic E-state index is 0.119. The molecule has 4 heteroatoms. The van der Waals surface area contributed by atoms with Gasteiger partial charge in [0.05, 0.1) is 19.8 Å². The van der Waals surface area contributed by atoms with Gasteiger partial charge in [-0.05, 0) is 25.1 Å². The molecule has 0 amide bonds. The van der Waals surface area contributed by atoms with Crippen LogP contribution in [0.4, 0.5) is 0 Å². The van der Waals surface area contributed by atoms with Crippen molar-refractivity contribution < 1.29 is 19.7 Å². The third-order valence-corrected chi connectivity index (χ3v) is 1.92. The van der Waals surface area contributed by atoms with E-state index in [9.17, 15) is 0 Å². The molecule has 1 atom stereocenters. The zero-order valence-corrected chi connectivity index (χ0v) is 8.93. The first-order chi connectivity index (χ1) is 7.17. The Balaban J connectivity index is 2.78. The Morgan fingerprint density at radius 1 is 1.40 bits per heavy atom. The Kier molecular flexibility index (Phi) is 4.39. The lowest BCUT2D eigenvalue weighted by atomic mass is 10.2. The van der Waals surface area contributed by atoms with Gasteiger partial charge >= 0.3 is 0 Å². The van der Waals surface area contributed by atoms with E-state index in [1.807, 2.05) is 0 Å². The first kappa shape index (κ1) is 11.8. The van der Waals surface area contributed by atoms with Gasteiger partial charge in [0.25, 0.3) is 0 Å². The minimum atomic E-state index is -0.529. The van der Waals surface area contributed by atoms with Gasteiger partial charge in [0.1, 0.15) is 18.1 Å². The van der Waals surface area contributed by atoms with Crippen LogP contribution in [0.2, 0.25) is 0 Å². The maximum Gasteiger partial charge on any atom is 0.125 e. The molecule has 1 rings (SSSR count). The zero-order valence-electron chi connectivity index (χ0n) is 8.93. The first-order valence-electron chi connectivity index (χ1n) is 4.76. The van der Waals surface area contributed by atoms with Crippen LogP contribution >= 0.6 is 0 Å². The van der Waals surface area contributed by atoms with E-state index in [2.05, 4.69) is 0 Å². The average molecular weight is 212 g/mol. The van der Waals surface area contributed by atoms with Crippen LogP contribution in [0.1, 0.15) is 12.5 Å². The number of hydrogen-bond donors (Lipinski definition) is 2. The van der Waals surface area contributed by atoms with Crippen molar-refractivity contribution in [2.24, 2.45) is 0 Å². The Morgan fingerprint density at radius 3 is 2.67 bits per heavy atom. The number of ether oxygens (including phenoxy) is 2. The SMILES string of the molecule is COc1ccc(OCC(C)O)c(CO)c1. The molecule has 0 aromatic heterocycles.